The van der Waals surface area contributed by atoms with E-state index in [1.165, 1.54) is 18.2 Å². The average molecular weight is 380 g/mol. The molecule has 0 atom stereocenters. The maximum Gasteiger partial charge on any atom is 0.216 e. The van der Waals surface area contributed by atoms with Crippen molar-refractivity contribution in [2.24, 2.45) is 0 Å². The Hall–Kier alpha value is -2.30. The Morgan fingerprint density at radius 3 is 2.36 bits per heavy atom. The lowest BCUT2D eigenvalue weighted by Gasteiger charge is -2.05. The quantitative estimate of drug-likeness (QED) is 0.630. The van der Waals surface area contributed by atoms with Gasteiger partial charge in [-0.3, -0.25) is 0 Å². The van der Waals surface area contributed by atoms with Crippen molar-refractivity contribution < 1.29 is 18.6 Å². The van der Waals surface area contributed by atoms with Crippen molar-refractivity contribution in [1.29, 1.82) is 5.26 Å². The van der Waals surface area contributed by atoms with Crippen LogP contribution in [0, 0.1) is 11.3 Å². The van der Waals surface area contributed by atoms with Crippen LogP contribution in [0.25, 0.3) is 6.08 Å². The number of halogens is 1. The Balaban J connectivity index is 2.56. The fourth-order valence-corrected chi connectivity index (χ4v) is 3.38. The van der Waals surface area contributed by atoms with Gasteiger partial charge in [-0.15, -0.1) is 0 Å². The van der Waals surface area contributed by atoms with E-state index in [9.17, 15) is 18.6 Å². The highest BCUT2D eigenvalue weighted by Crippen LogP contribution is 2.35. The third-order valence-electron chi connectivity index (χ3n) is 2.82. The zero-order valence-corrected chi connectivity index (χ0v) is 13.5. The van der Waals surface area contributed by atoms with Crippen LogP contribution in [0.3, 0.4) is 0 Å². The lowest BCUT2D eigenvalue weighted by Crippen LogP contribution is -2.03. The molecular formula is C15H10BrNO4S. The second kappa shape index (κ2) is 6.22. The average Bonchev–Trinajstić information content (AvgIpc) is 2.50. The molecular weight excluding hydrogens is 370 g/mol. The first-order chi connectivity index (χ1) is 10.4. The molecule has 0 spiro atoms. The molecule has 2 aromatic carbocycles. The molecule has 0 radical (unpaired) electrons. The zero-order chi connectivity index (χ0) is 16.3. The van der Waals surface area contributed by atoms with Crippen LogP contribution in [-0.4, -0.2) is 18.6 Å². The number of phenols is 2. The van der Waals surface area contributed by atoms with Crippen LogP contribution in [0.1, 0.15) is 5.56 Å². The van der Waals surface area contributed by atoms with E-state index in [4.69, 9.17) is 5.26 Å². The van der Waals surface area contributed by atoms with Gasteiger partial charge in [-0.05, 0) is 51.8 Å². The summed E-state index contributed by atoms with van der Waals surface area (Å²) in [5, 5.41) is 28.2. The number of allylic oxidation sites excluding steroid dienone is 1. The number of nitriles is 1. The molecule has 0 unspecified atom stereocenters. The summed E-state index contributed by atoms with van der Waals surface area (Å²) in [4.78, 5) is -0.458. The SMILES string of the molecule is N#C/C(=C\c1cc(O)c(O)c(Br)c1)S(=O)(=O)c1ccccc1. The highest BCUT2D eigenvalue weighted by molar-refractivity contribution is 9.10. The van der Waals surface area contributed by atoms with Crippen LogP contribution in [0.2, 0.25) is 0 Å². The van der Waals surface area contributed by atoms with Gasteiger partial charge in [-0.2, -0.15) is 5.26 Å². The summed E-state index contributed by atoms with van der Waals surface area (Å²) in [7, 11) is -3.94. The number of hydrogen-bond acceptors (Lipinski definition) is 5. The molecule has 0 fully saturated rings. The highest BCUT2D eigenvalue weighted by atomic mass is 79.9. The Bertz CT molecular complexity index is 860. The lowest BCUT2D eigenvalue weighted by atomic mass is 10.2. The molecule has 5 nitrogen and oxygen atoms in total. The third-order valence-corrected chi connectivity index (χ3v) is 5.10. The Labute approximate surface area is 135 Å². The predicted octanol–water partition coefficient (Wildman–Crippen LogP) is 3.20. The van der Waals surface area contributed by atoms with Gasteiger partial charge in [-0.25, -0.2) is 8.42 Å². The van der Waals surface area contributed by atoms with E-state index in [0.29, 0.717) is 0 Å². The molecule has 2 rings (SSSR count). The molecule has 0 saturated carbocycles. The molecule has 22 heavy (non-hydrogen) atoms. The van der Waals surface area contributed by atoms with Gasteiger partial charge in [0.2, 0.25) is 9.84 Å². The molecule has 0 amide bonds. The second-order valence-corrected chi connectivity index (χ2v) is 7.08. The number of nitrogens with zero attached hydrogens (tertiary/aromatic N) is 1. The van der Waals surface area contributed by atoms with Crippen LogP contribution in [-0.2, 0) is 9.84 Å². The topological polar surface area (TPSA) is 98.4 Å². The summed E-state index contributed by atoms with van der Waals surface area (Å²) >= 11 is 3.03. The first kappa shape index (κ1) is 16.1. The highest BCUT2D eigenvalue weighted by Gasteiger charge is 2.20. The van der Waals surface area contributed by atoms with Crippen LogP contribution < -0.4 is 0 Å². The second-order valence-electron chi connectivity index (χ2n) is 4.31. The van der Waals surface area contributed by atoms with Crippen LogP contribution in [0.4, 0.5) is 0 Å². The number of phenolic OH excluding ortho intramolecular Hbond substituents is 2. The van der Waals surface area contributed by atoms with E-state index in [-0.39, 0.29) is 20.7 Å². The molecule has 0 aliphatic carbocycles. The standard InChI is InChI=1S/C15H10BrNO4S/c16-13-7-10(8-14(18)15(13)19)6-12(9-17)22(20,21)11-4-2-1-3-5-11/h1-8,18-19H/b12-6+. The molecule has 0 heterocycles. The van der Waals surface area contributed by atoms with E-state index < -0.39 is 20.5 Å². The van der Waals surface area contributed by atoms with Gasteiger partial charge >= 0.3 is 0 Å². The molecule has 2 aromatic rings. The number of hydrogen-bond donors (Lipinski definition) is 2. The molecule has 0 bridgehead atoms. The van der Waals surface area contributed by atoms with Crippen LogP contribution in [0.15, 0.2) is 56.7 Å². The summed E-state index contributed by atoms with van der Waals surface area (Å²) in [5.41, 5.74) is 0.262. The largest absolute Gasteiger partial charge is 0.504 e. The smallest absolute Gasteiger partial charge is 0.216 e. The Morgan fingerprint density at radius 1 is 1.18 bits per heavy atom. The maximum absolute atomic E-state index is 12.4. The van der Waals surface area contributed by atoms with Crippen molar-refractivity contribution in [1.82, 2.24) is 0 Å². The number of rotatable bonds is 3. The normalized spacial score (nSPS) is 11.9. The van der Waals surface area contributed by atoms with E-state index in [1.54, 1.807) is 24.3 Å². The zero-order valence-electron chi connectivity index (χ0n) is 11.1. The fourth-order valence-electron chi connectivity index (χ4n) is 1.74. The number of aromatic hydroxyl groups is 2. The predicted molar refractivity (Wildman–Crippen MR) is 84.7 cm³/mol. The summed E-state index contributed by atoms with van der Waals surface area (Å²) in [5.74, 6) is -0.781. The third kappa shape index (κ3) is 3.13. The van der Waals surface area contributed by atoms with E-state index >= 15 is 0 Å². The summed E-state index contributed by atoms with van der Waals surface area (Å²) < 4.78 is 25.0. The summed E-state index contributed by atoms with van der Waals surface area (Å²) in [6.07, 6.45) is 1.13. The Kier molecular flexibility index (Phi) is 4.54. The maximum atomic E-state index is 12.4. The van der Waals surface area contributed by atoms with Gasteiger partial charge < -0.3 is 10.2 Å². The summed E-state index contributed by atoms with van der Waals surface area (Å²) in [6.45, 7) is 0. The van der Waals surface area contributed by atoms with Crippen molar-refractivity contribution in [3.8, 4) is 17.6 Å². The molecule has 7 heteroatoms. The van der Waals surface area contributed by atoms with Crippen molar-refractivity contribution in [2.45, 2.75) is 4.90 Å². The van der Waals surface area contributed by atoms with Gasteiger partial charge in [0.15, 0.2) is 11.5 Å². The van der Waals surface area contributed by atoms with Gasteiger partial charge in [0.25, 0.3) is 0 Å². The van der Waals surface area contributed by atoms with Gasteiger partial charge in [0.05, 0.1) is 9.37 Å². The Morgan fingerprint density at radius 2 is 1.82 bits per heavy atom. The monoisotopic (exact) mass is 379 g/mol. The molecule has 0 saturated heterocycles. The molecule has 112 valence electrons. The van der Waals surface area contributed by atoms with E-state index in [1.807, 2.05) is 0 Å². The van der Waals surface area contributed by atoms with Gasteiger partial charge in [0.1, 0.15) is 11.0 Å². The minimum absolute atomic E-state index is 0.00451. The summed E-state index contributed by atoms with van der Waals surface area (Å²) in [6, 6.07) is 11.8. The van der Waals surface area contributed by atoms with Gasteiger partial charge in [-0.1, -0.05) is 18.2 Å². The first-order valence-electron chi connectivity index (χ1n) is 5.99. The first-order valence-corrected chi connectivity index (χ1v) is 8.27. The number of benzene rings is 2. The molecule has 2 N–H and O–H groups in total. The fraction of sp³-hybridized carbons (Fsp3) is 0. The van der Waals surface area contributed by atoms with Gasteiger partial charge in [0, 0.05) is 0 Å². The molecule has 0 aliphatic rings. The van der Waals surface area contributed by atoms with Crippen molar-refractivity contribution in [3.05, 3.63) is 57.4 Å². The van der Waals surface area contributed by atoms with Crippen molar-refractivity contribution >= 4 is 31.8 Å². The lowest BCUT2D eigenvalue weighted by molar-refractivity contribution is 0.401. The van der Waals surface area contributed by atoms with E-state index in [0.717, 1.165) is 12.1 Å². The number of sulfone groups is 1. The molecule has 0 aromatic heterocycles. The minimum Gasteiger partial charge on any atom is -0.504 e. The van der Waals surface area contributed by atoms with Crippen molar-refractivity contribution in [3.63, 3.8) is 0 Å². The minimum atomic E-state index is -3.94. The van der Waals surface area contributed by atoms with Crippen molar-refractivity contribution in [2.75, 3.05) is 0 Å². The van der Waals surface area contributed by atoms with E-state index in [2.05, 4.69) is 15.9 Å². The van der Waals surface area contributed by atoms with Crippen LogP contribution >= 0.6 is 15.9 Å². The van der Waals surface area contributed by atoms with Crippen LogP contribution in [0.5, 0.6) is 11.5 Å². The molecule has 0 aliphatic heterocycles.